The SMILES string of the molecule is CCC1CCC(Cn2c(N[C@@H](C)c3cccc(F)c3)nc3nc(C(=N)OC(N)=O)nc(-c4cccc(Cl)c4)c32)CC1. The Balaban J connectivity index is 1.65. The largest absolute Gasteiger partial charge is 0.411 e. The number of halogens is 2. The van der Waals surface area contributed by atoms with Gasteiger partial charge < -0.3 is 20.4 Å². The number of benzene rings is 2. The van der Waals surface area contributed by atoms with Crippen LogP contribution in [0.25, 0.3) is 22.4 Å². The van der Waals surface area contributed by atoms with Crippen LogP contribution in [0.4, 0.5) is 15.1 Å². The molecule has 2 heterocycles. The quantitative estimate of drug-likeness (QED) is 0.151. The highest BCUT2D eigenvalue weighted by Crippen LogP contribution is 2.36. The van der Waals surface area contributed by atoms with Gasteiger partial charge in [-0.2, -0.15) is 4.98 Å². The molecule has 1 amide bonds. The normalized spacial score (nSPS) is 17.8. The number of nitrogens with zero attached hydrogens (tertiary/aromatic N) is 4. The van der Waals surface area contributed by atoms with Crippen molar-refractivity contribution in [2.45, 2.75) is 58.5 Å². The molecule has 214 valence electrons. The molecule has 1 saturated carbocycles. The molecule has 1 atom stereocenters. The van der Waals surface area contributed by atoms with E-state index in [-0.39, 0.29) is 17.7 Å². The van der Waals surface area contributed by atoms with E-state index in [0.717, 1.165) is 24.3 Å². The van der Waals surface area contributed by atoms with Crippen LogP contribution in [-0.2, 0) is 11.3 Å². The smallest absolute Gasteiger partial charge is 0.388 e. The lowest BCUT2D eigenvalue weighted by Crippen LogP contribution is -2.21. The molecule has 0 aliphatic heterocycles. The van der Waals surface area contributed by atoms with E-state index in [1.807, 2.05) is 25.1 Å². The average molecular weight is 578 g/mol. The van der Waals surface area contributed by atoms with E-state index >= 15 is 0 Å². The van der Waals surface area contributed by atoms with Crippen LogP contribution in [0.1, 0.15) is 63.4 Å². The molecule has 4 N–H and O–H groups in total. The van der Waals surface area contributed by atoms with Gasteiger partial charge in [0.1, 0.15) is 17.0 Å². The van der Waals surface area contributed by atoms with Gasteiger partial charge in [-0.25, -0.2) is 19.2 Å². The van der Waals surface area contributed by atoms with Gasteiger partial charge in [0.2, 0.25) is 11.8 Å². The van der Waals surface area contributed by atoms with Crippen molar-refractivity contribution in [3.05, 3.63) is 70.8 Å². The Morgan fingerprint density at radius 3 is 2.56 bits per heavy atom. The number of hydrogen-bond acceptors (Lipinski definition) is 7. The lowest BCUT2D eigenvalue weighted by Gasteiger charge is -2.29. The summed E-state index contributed by atoms with van der Waals surface area (Å²) in [6.45, 7) is 4.86. The highest BCUT2D eigenvalue weighted by atomic mass is 35.5. The second kappa shape index (κ2) is 12.2. The fourth-order valence-corrected chi connectivity index (χ4v) is 5.73. The second-order valence-corrected chi connectivity index (χ2v) is 11.0. The van der Waals surface area contributed by atoms with Crippen LogP contribution < -0.4 is 11.1 Å². The lowest BCUT2D eigenvalue weighted by molar-refractivity contribution is 0.207. The maximum Gasteiger partial charge on any atom is 0.411 e. The molecule has 2 aromatic heterocycles. The first kappa shape index (κ1) is 28.5. The number of nitrogens with two attached hydrogens (primary N) is 1. The molecular weight excluding hydrogens is 545 g/mol. The van der Waals surface area contributed by atoms with Gasteiger partial charge in [-0.1, -0.05) is 62.1 Å². The lowest BCUT2D eigenvalue weighted by atomic mass is 9.81. The van der Waals surface area contributed by atoms with Gasteiger partial charge in [-0.3, -0.25) is 5.41 Å². The number of anilines is 1. The van der Waals surface area contributed by atoms with Crippen LogP contribution in [0.15, 0.2) is 48.5 Å². The number of hydrogen-bond donors (Lipinski definition) is 3. The van der Waals surface area contributed by atoms with Gasteiger partial charge in [-0.15, -0.1) is 0 Å². The van der Waals surface area contributed by atoms with E-state index < -0.39 is 12.0 Å². The Morgan fingerprint density at radius 2 is 1.88 bits per heavy atom. The molecule has 0 spiro atoms. The maximum atomic E-state index is 14.0. The van der Waals surface area contributed by atoms with E-state index in [4.69, 9.17) is 32.5 Å². The van der Waals surface area contributed by atoms with Gasteiger partial charge in [-0.05, 0) is 61.4 Å². The van der Waals surface area contributed by atoms with Crippen LogP contribution in [-0.4, -0.2) is 31.5 Å². The molecule has 2 aromatic carbocycles. The minimum absolute atomic E-state index is 0.135. The third kappa shape index (κ3) is 6.48. The van der Waals surface area contributed by atoms with Gasteiger partial charge in [0, 0.05) is 17.1 Å². The van der Waals surface area contributed by atoms with Crippen LogP contribution in [0.3, 0.4) is 0 Å². The summed E-state index contributed by atoms with van der Waals surface area (Å²) in [5.41, 5.74) is 8.09. The maximum absolute atomic E-state index is 14.0. The van der Waals surface area contributed by atoms with E-state index in [0.29, 0.717) is 45.9 Å². The molecule has 0 saturated heterocycles. The van der Waals surface area contributed by atoms with Gasteiger partial charge in [0.15, 0.2) is 5.65 Å². The van der Waals surface area contributed by atoms with E-state index in [1.54, 1.807) is 18.2 Å². The number of carbonyl (C=O) groups excluding carboxylic acids is 1. The summed E-state index contributed by atoms with van der Waals surface area (Å²) in [5, 5.41) is 12.2. The molecule has 0 radical (unpaired) electrons. The molecule has 0 bridgehead atoms. The van der Waals surface area contributed by atoms with Gasteiger partial charge in [0.25, 0.3) is 5.90 Å². The number of nitrogens with one attached hydrogen (secondary N) is 2. The highest BCUT2D eigenvalue weighted by Gasteiger charge is 2.27. The topological polar surface area (TPSA) is 132 Å². The Morgan fingerprint density at radius 1 is 1.15 bits per heavy atom. The van der Waals surface area contributed by atoms with E-state index in [9.17, 15) is 9.18 Å². The summed E-state index contributed by atoms with van der Waals surface area (Å²) < 4.78 is 20.9. The van der Waals surface area contributed by atoms with Crippen LogP contribution in [0.5, 0.6) is 0 Å². The Bertz CT molecular complexity index is 1580. The number of primary amides is 1. The third-order valence-electron chi connectivity index (χ3n) is 7.79. The van der Waals surface area contributed by atoms with Crippen LogP contribution >= 0.6 is 11.6 Å². The van der Waals surface area contributed by atoms with Crippen molar-refractivity contribution in [1.82, 2.24) is 19.5 Å². The number of ether oxygens (including phenoxy) is 1. The van der Waals surface area contributed by atoms with Crippen molar-refractivity contribution >= 4 is 40.7 Å². The first-order valence-corrected chi connectivity index (χ1v) is 14.2. The fourth-order valence-electron chi connectivity index (χ4n) is 5.54. The molecule has 0 unspecified atom stereocenters. The Kier molecular flexibility index (Phi) is 8.49. The zero-order valence-electron chi connectivity index (χ0n) is 23.0. The number of aromatic nitrogens is 4. The van der Waals surface area contributed by atoms with Crippen LogP contribution in [0, 0.1) is 23.1 Å². The minimum Gasteiger partial charge on any atom is -0.388 e. The summed E-state index contributed by atoms with van der Waals surface area (Å²) in [5.74, 6) is 0.682. The zero-order chi connectivity index (χ0) is 29.1. The monoisotopic (exact) mass is 577 g/mol. The average Bonchev–Trinajstić information content (AvgIpc) is 3.29. The number of rotatable bonds is 8. The number of fused-ring (bicyclic) bond motifs is 1. The third-order valence-corrected chi connectivity index (χ3v) is 8.02. The van der Waals surface area contributed by atoms with Crippen molar-refractivity contribution in [2.75, 3.05) is 5.32 Å². The second-order valence-electron chi connectivity index (χ2n) is 10.6. The first-order chi connectivity index (χ1) is 19.7. The van der Waals surface area contributed by atoms with Gasteiger partial charge in [0.05, 0.1) is 6.04 Å². The minimum atomic E-state index is -1.14. The standard InChI is InChI=1S/C30H33ClFN7O2/c1-3-18-10-12-19(13-11-18)16-39-25-24(21-7-4-8-22(31)14-21)36-28(26(33)41-29(34)40)37-27(25)38-30(39)35-17(2)20-6-5-9-23(32)15-20/h4-9,14-15,17-19,33H,3,10-13,16H2,1-2H3,(H2,34,40)(H,35,36,37,38)/t17-,18?,19?/m0/s1. The van der Waals surface area contributed by atoms with Crippen LogP contribution in [0.2, 0.25) is 5.02 Å². The summed E-state index contributed by atoms with van der Waals surface area (Å²) in [4.78, 5) is 25.4. The van der Waals surface area contributed by atoms with E-state index in [1.165, 1.54) is 31.4 Å². The predicted molar refractivity (Wildman–Crippen MR) is 157 cm³/mol. The molecule has 1 aliphatic rings. The van der Waals surface area contributed by atoms with Crippen molar-refractivity contribution in [2.24, 2.45) is 17.6 Å². The summed E-state index contributed by atoms with van der Waals surface area (Å²) in [6, 6.07) is 13.4. The fraction of sp³-hybridized carbons (Fsp3) is 0.367. The molecule has 1 fully saturated rings. The number of amides is 1. The van der Waals surface area contributed by atoms with E-state index in [2.05, 4.69) is 26.8 Å². The first-order valence-electron chi connectivity index (χ1n) is 13.8. The Labute approximate surface area is 242 Å². The Hall–Kier alpha value is -4.05. The van der Waals surface area contributed by atoms with Crippen molar-refractivity contribution in [3.63, 3.8) is 0 Å². The van der Waals surface area contributed by atoms with Crippen molar-refractivity contribution in [3.8, 4) is 11.3 Å². The summed E-state index contributed by atoms with van der Waals surface area (Å²) in [6.07, 6.45) is 4.61. The molecule has 11 heteroatoms. The van der Waals surface area contributed by atoms with Crippen molar-refractivity contribution < 1.29 is 13.9 Å². The molecule has 1 aliphatic carbocycles. The zero-order valence-corrected chi connectivity index (χ0v) is 23.8. The molecule has 9 nitrogen and oxygen atoms in total. The highest BCUT2D eigenvalue weighted by molar-refractivity contribution is 6.30. The predicted octanol–water partition coefficient (Wildman–Crippen LogP) is 7.10. The summed E-state index contributed by atoms with van der Waals surface area (Å²) in [7, 11) is 0. The number of imidazole rings is 1. The van der Waals surface area contributed by atoms with Gasteiger partial charge >= 0.3 is 6.09 Å². The molecule has 5 rings (SSSR count). The molecular formula is C30H33ClFN7O2. The molecule has 41 heavy (non-hydrogen) atoms. The summed E-state index contributed by atoms with van der Waals surface area (Å²) >= 11 is 6.36. The molecule has 4 aromatic rings. The number of carbonyl (C=O) groups is 1. The van der Waals surface area contributed by atoms with Crippen molar-refractivity contribution in [1.29, 1.82) is 5.41 Å².